The molecule has 0 aromatic carbocycles. The highest BCUT2D eigenvalue weighted by molar-refractivity contribution is 9.10. The van der Waals surface area contributed by atoms with E-state index >= 15 is 0 Å². The lowest BCUT2D eigenvalue weighted by atomic mass is 10.3. The Morgan fingerprint density at radius 3 is 2.86 bits per heavy atom. The second-order valence-electron chi connectivity index (χ2n) is 2.64. The Bertz CT molecular complexity index is 298. The van der Waals surface area contributed by atoms with Crippen molar-refractivity contribution in [3.05, 3.63) is 22.9 Å². The van der Waals surface area contributed by atoms with E-state index < -0.39 is 12.5 Å². The second-order valence-corrected chi connectivity index (χ2v) is 3.49. The quantitative estimate of drug-likeness (QED) is 0.875. The number of nitrogens with one attached hydrogen (secondary N) is 1. The molecule has 0 bridgehead atoms. The molecule has 1 aromatic heterocycles. The lowest BCUT2D eigenvalue weighted by molar-refractivity contribution is 0.00384. The fourth-order valence-corrected chi connectivity index (χ4v) is 1.21. The van der Waals surface area contributed by atoms with Gasteiger partial charge in [-0.05, 0) is 22.0 Å². The van der Waals surface area contributed by atoms with E-state index in [-0.39, 0.29) is 6.54 Å². The highest BCUT2D eigenvalue weighted by Crippen LogP contribution is 2.19. The van der Waals surface area contributed by atoms with Gasteiger partial charge in [0.25, 0.3) is 6.43 Å². The fraction of sp³-hybridized carbons (Fsp3) is 0.375. The van der Waals surface area contributed by atoms with Crippen LogP contribution in [-0.2, 0) is 0 Å². The molecule has 0 saturated heterocycles. The molecule has 0 amide bonds. The summed E-state index contributed by atoms with van der Waals surface area (Å²) >= 11 is 3.19. The van der Waals surface area contributed by atoms with E-state index in [2.05, 4.69) is 26.2 Å². The summed E-state index contributed by atoms with van der Waals surface area (Å²) in [5, 5.41) is 11.5. The van der Waals surface area contributed by atoms with Crippen molar-refractivity contribution in [1.29, 1.82) is 0 Å². The standard InChI is InChI=1S/C8H9BrF2N2O/c9-5-3-12-2-1-6(5)13-4-7(14)8(10)11/h1-3,7-8,14H,4H2,(H,12,13). The maximum atomic E-state index is 11.9. The number of aromatic nitrogens is 1. The first-order valence-corrected chi connectivity index (χ1v) is 4.70. The van der Waals surface area contributed by atoms with Gasteiger partial charge in [0.05, 0.1) is 10.2 Å². The van der Waals surface area contributed by atoms with Crippen LogP contribution >= 0.6 is 15.9 Å². The summed E-state index contributed by atoms with van der Waals surface area (Å²) in [6.07, 6.45) is -1.32. The van der Waals surface area contributed by atoms with Crippen molar-refractivity contribution < 1.29 is 13.9 Å². The Morgan fingerprint density at radius 2 is 2.29 bits per heavy atom. The number of hydrogen-bond donors (Lipinski definition) is 2. The number of halogens is 3. The summed E-state index contributed by atoms with van der Waals surface area (Å²) in [7, 11) is 0. The molecule has 1 atom stereocenters. The van der Waals surface area contributed by atoms with E-state index in [4.69, 9.17) is 5.11 Å². The van der Waals surface area contributed by atoms with Crippen molar-refractivity contribution in [3.8, 4) is 0 Å². The monoisotopic (exact) mass is 266 g/mol. The summed E-state index contributed by atoms with van der Waals surface area (Å²) in [6.45, 7) is -0.194. The van der Waals surface area contributed by atoms with Gasteiger partial charge < -0.3 is 10.4 Å². The van der Waals surface area contributed by atoms with E-state index in [9.17, 15) is 8.78 Å². The molecule has 1 aromatic rings. The van der Waals surface area contributed by atoms with Crippen molar-refractivity contribution in [3.63, 3.8) is 0 Å². The Hall–Kier alpha value is -0.750. The summed E-state index contributed by atoms with van der Waals surface area (Å²) in [6, 6.07) is 1.63. The van der Waals surface area contributed by atoms with Crippen molar-refractivity contribution in [2.24, 2.45) is 0 Å². The molecule has 1 unspecified atom stereocenters. The Balaban J connectivity index is 2.50. The normalized spacial score (nSPS) is 12.9. The number of aliphatic hydroxyl groups excluding tert-OH is 1. The lowest BCUT2D eigenvalue weighted by Gasteiger charge is -2.12. The zero-order valence-corrected chi connectivity index (χ0v) is 8.71. The van der Waals surface area contributed by atoms with Crippen LogP contribution in [0.1, 0.15) is 0 Å². The van der Waals surface area contributed by atoms with Gasteiger partial charge >= 0.3 is 0 Å². The van der Waals surface area contributed by atoms with Crippen LogP contribution in [0.15, 0.2) is 22.9 Å². The molecule has 0 saturated carbocycles. The zero-order chi connectivity index (χ0) is 10.6. The molecule has 0 aliphatic carbocycles. The van der Waals surface area contributed by atoms with Gasteiger partial charge in [0.15, 0.2) is 0 Å². The molecule has 78 valence electrons. The summed E-state index contributed by atoms with van der Waals surface area (Å²) in [4.78, 5) is 3.81. The van der Waals surface area contributed by atoms with Crippen LogP contribution < -0.4 is 5.32 Å². The number of aliphatic hydroxyl groups is 1. The topological polar surface area (TPSA) is 45.1 Å². The minimum Gasteiger partial charge on any atom is -0.385 e. The van der Waals surface area contributed by atoms with Gasteiger partial charge in [-0.1, -0.05) is 0 Å². The number of alkyl halides is 2. The molecule has 0 fully saturated rings. The second kappa shape index (κ2) is 5.21. The van der Waals surface area contributed by atoms with E-state index in [1.807, 2.05) is 0 Å². The van der Waals surface area contributed by atoms with Gasteiger partial charge in [0.1, 0.15) is 6.10 Å². The third-order valence-corrected chi connectivity index (χ3v) is 2.20. The predicted molar refractivity (Wildman–Crippen MR) is 52.4 cm³/mol. The van der Waals surface area contributed by atoms with Gasteiger partial charge in [-0.3, -0.25) is 4.98 Å². The van der Waals surface area contributed by atoms with Crippen LogP contribution in [0.25, 0.3) is 0 Å². The van der Waals surface area contributed by atoms with Crippen LogP contribution in [0.4, 0.5) is 14.5 Å². The molecule has 1 rings (SSSR count). The molecule has 3 nitrogen and oxygen atoms in total. The van der Waals surface area contributed by atoms with Crippen LogP contribution in [0.2, 0.25) is 0 Å². The maximum absolute atomic E-state index is 11.9. The molecular formula is C8H9BrF2N2O. The minimum absolute atomic E-state index is 0.194. The van der Waals surface area contributed by atoms with E-state index in [1.54, 1.807) is 6.07 Å². The third-order valence-electron chi connectivity index (χ3n) is 1.56. The van der Waals surface area contributed by atoms with Gasteiger partial charge in [0, 0.05) is 18.9 Å². The van der Waals surface area contributed by atoms with Crippen molar-refractivity contribution in [2.75, 3.05) is 11.9 Å². The van der Waals surface area contributed by atoms with E-state index in [0.29, 0.717) is 10.2 Å². The van der Waals surface area contributed by atoms with E-state index in [0.717, 1.165) is 0 Å². The first-order chi connectivity index (χ1) is 6.61. The molecule has 1 heterocycles. The van der Waals surface area contributed by atoms with Crippen LogP contribution in [0.3, 0.4) is 0 Å². The molecule has 0 aliphatic rings. The number of pyridine rings is 1. The largest absolute Gasteiger partial charge is 0.385 e. The SMILES string of the molecule is OC(CNc1ccncc1Br)C(F)F. The molecule has 6 heteroatoms. The Morgan fingerprint density at radius 1 is 1.57 bits per heavy atom. The number of hydrogen-bond acceptors (Lipinski definition) is 3. The lowest BCUT2D eigenvalue weighted by Crippen LogP contribution is -2.26. The molecule has 0 aliphatic heterocycles. The molecular weight excluding hydrogens is 258 g/mol. The van der Waals surface area contributed by atoms with Crippen molar-refractivity contribution in [2.45, 2.75) is 12.5 Å². The van der Waals surface area contributed by atoms with Crippen molar-refractivity contribution in [1.82, 2.24) is 4.98 Å². The van der Waals surface area contributed by atoms with Crippen molar-refractivity contribution >= 4 is 21.6 Å². The number of nitrogens with zero attached hydrogens (tertiary/aromatic N) is 1. The maximum Gasteiger partial charge on any atom is 0.265 e. The fourth-order valence-electron chi connectivity index (χ4n) is 0.822. The first kappa shape index (κ1) is 11.3. The molecule has 14 heavy (non-hydrogen) atoms. The number of anilines is 1. The molecule has 0 radical (unpaired) electrons. The van der Waals surface area contributed by atoms with Crippen LogP contribution in [-0.4, -0.2) is 29.2 Å². The minimum atomic E-state index is -2.73. The third kappa shape index (κ3) is 3.19. The summed E-state index contributed by atoms with van der Waals surface area (Å²) in [5.74, 6) is 0. The van der Waals surface area contributed by atoms with Gasteiger partial charge in [-0.15, -0.1) is 0 Å². The van der Waals surface area contributed by atoms with Gasteiger partial charge in [-0.25, -0.2) is 8.78 Å². The molecule has 0 spiro atoms. The summed E-state index contributed by atoms with van der Waals surface area (Å²) < 4.78 is 24.5. The highest BCUT2D eigenvalue weighted by Gasteiger charge is 2.16. The number of rotatable bonds is 4. The average molecular weight is 267 g/mol. The van der Waals surface area contributed by atoms with Gasteiger partial charge in [-0.2, -0.15) is 0 Å². The first-order valence-electron chi connectivity index (χ1n) is 3.91. The van der Waals surface area contributed by atoms with Crippen LogP contribution in [0.5, 0.6) is 0 Å². The predicted octanol–water partition coefficient (Wildman–Crippen LogP) is 1.88. The molecule has 2 N–H and O–H groups in total. The average Bonchev–Trinajstić information content (AvgIpc) is 2.16. The smallest absolute Gasteiger partial charge is 0.265 e. The highest BCUT2D eigenvalue weighted by atomic mass is 79.9. The van der Waals surface area contributed by atoms with Gasteiger partial charge in [0.2, 0.25) is 0 Å². The Kier molecular flexibility index (Phi) is 4.21. The zero-order valence-electron chi connectivity index (χ0n) is 7.12. The van der Waals surface area contributed by atoms with Crippen LogP contribution in [0, 0.1) is 0 Å². The Labute approximate surface area is 88.3 Å². The van der Waals surface area contributed by atoms with E-state index in [1.165, 1.54) is 12.4 Å². The summed E-state index contributed by atoms with van der Waals surface area (Å²) in [5.41, 5.74) is 0.625.